The molecule has 1 heterocycles. The third-order valence-electron chi connectivity index (χ3n) is 2.60. The van der Waals surface area contributed by atoms with Crippen LogP contribution in [0.5, 0.6) is 0 Å². The molecule has 0 saturated heterocycles. The number of carbonyl (C=O) groups excluding carboxylic acids is 1. The Hall–Kier alpha value is -1.68. The molecular formula is C14H16N2OS. The second kappa shape index (κ2) is 6.31. The quantitative estimate of drug-likeness (QED) is 0.812. The van der Waals surface area contributed by atoms with Gasteiger partial charge in [-0.2, -0.15) is 0 Å². The number of benzene rings is 1. The molecule has 0 aliphatic carbocycles. The fourth-order valence-electron chi connectivity index (χ4n) is 1.58. The van der Waals surface area contributed by atoms with Crippen LogP contribution in [0.2, 0.25) is 0 Å². The number of hydrogen-bond donors (Lipinski definition) is 2. The summed E-state index contributed by atoms with van der Waals surface area (Å²) < 4.78 is 0. The van der Waals surface area contributed by atoms with Gasteiger partial charge in [-0.3, -0.25) is 4.79 Å². The summed E-state index contributed by atoms with van der Waals surface area (Å²) in [7, 11) is 0. The lowest BCUT2D eigenvalue weighted by Crippen LogP contribution is -2.24. The van der Waals surface area contributed by atoms with Gasteiger partial charge in [0, 0.05) is 23.8 Å². The topological polar surface area (TPSA) is 44.9 Å². The number of amides is 1. The minimum atomic E-state index is 0.0597. The van der Waals surface area contributed by atoms with Crippen LogP contribution in [-0.2, 0) is 11.3 Å². The van der Waals surface area contributed by atoms with E-state index >= 15 is 0 Å². The molecular weight excluding hydrogens is 244 g/mol. The molecule has 0 atom stereocenters. The number of hydrogen-bond acceptors (Lipinski definition) is 2. The van der Waals surface area contributed by atoms with Gasteiger partial charge in [0.15, 0.2) is 0 Å². The predicted molar refractivity (Wildman–Crippen MR) is 74.5 cm³/mol. The number of thioether (sulfide) groups is 1. The zero-order valence-electron chi connectivity index (χ0n) is 10.3. The van der Waals surface area contributed by atoms with Crippen LogP contribution in [0.25, 0.3) is 0 Å². The van der Waals surface area contributed by atoms with E-state index in [1.807, 2.05) is 36.7 Å². The van der Waals surface area contributed by atoms with E-state index in [0.717, 1.165) is 10.5 Å². The molecule has 2 aromatic rings. The van der Waals surface area contributed by atoms with Gasteiger partial charge in [-0.15, -0.1) is 11.8 Å². The van der Waals surface area contributed by atoms with E-state index in [0.29, 0.717) is 12.3 Å². The summed E-state index contributed by atoms with van der Waals surface area (Å²) in [6.07, 6.45) is 3.73. The predicted octanol–water partition coefficient (Wildman–Crippen LogP) is 2.73. The molecule has 94 valence electrons. The third-order valence-corrected chi connectivity index (χ3v) is 3.78. The molecule has 1 aromatic heterocycles. The lowest BCUT2D eigenvalue weighted by Gasteiger charge is -2.06. The maximum absolute atomic E-state index is 11.7. The number of carbonyl (C=O) groups is 1. The Morgan fingerprint density at radius 1 is 1.33 bits per heavy atom. The van der Waals surface area contributed by atoms with Gasteiger partial charge in [-0.05, 0) is 30.2 Å². The second-order valence-corrected chi connectivity index (χ2v) is 5.07. The number of nitrogens with one attached hydrogen (secondary N) is 2. The van der Waals surface area contributed by atoms with Crippen molar-refractivity contribution in [2.75, 3.05) is 5.75 Å². The van der Waals surface area contributed by atoms with Crippen LogP contribution >= 0.6 is 11.8 Å². The second-order valence-electron chi connectivity index (χ2n) is 4.05. The smallest absolute Gasteiger partial charge is 0.230 e. The van der Waals surface area contributed by atoms with Crippen molar-refractivity contribution in [3.8, 4) is 0 Å². The summed E-state index contributed by atoms with van der Waals surface area (Å²) in [5, 5.41) is 2.89. The van der Waals surface area contributed by atoms with Crippen molar-refractivity contribution in [3.05, 3.63) is 53.9 Å². The molecule has 4 heteroatoms. The average Bonchev–Trinajstić information content (AvgIpc) is 2.88. The van der Waals surface area contributed by atoms with Gasteiger partial charge in [0.25, 0.3) is 0 Å². The third kappa shape index (κ3) is 3.67. The molecule has 0 aliphatic heterocycles. The van der Waals surface area contributed by atoms with Crippen LogP contribution < -0.4 is 5.32 Å². The Labute approximate surface area is 111 Å². The van der Waals surface area contributed by atoms with Crippen molar-refractivity contribution < 1.29 is 4.79 Å². The van der Waals surface area contributed by atoms with Crippen molar-refractivity contribution in [1.29, 1.82) is 0 Å². The number of rotatable bonds is 5. The lowest BCUT2D eigenvalue weighted by atomic mass is 10.2. The first kappa shape index (κ1) is 12.8. The zero-order valence-corrected chi connectivity index (χ0v) is 11.1. The summed E-state index contributed by atoms with van der Waals surface area (Å²) in [6.45, 7) is 2.64. The van der Waals surface area contributed by atoms with E-state index in [9.17, 15) is 4.79 Å². The summed E-state index contributed by atoms with van der Waals surface area (Å²) in [5.74, 6) is 0.513. The van der Waals surface area contributed by atoms with E-state index in [4.69, 9.17) is 0 Å². The van der Waals surface area contributed by atoms with Gasteiger partial charge < -0.3 is 10.3 Å². The fraction of sp³-hybridized carbons (Fsp3) is 0.214. The normalized spacial score (nSPS) is 10.3. The zero-order chi connectivity index (χ0) is 12.8. The fourth-order valence-corrected chi connectivity index (χ4v) is 2.44. The minimum Gasteiger partial charge on any atom is -0.367 e. The standard InChI is InChI=1S/C14H16N2OS/c1-11-4-2-3-5-13(11)18-10-14(17)16-9-12-6-7-15-8-12/h2-8,15H,9-10H2,1H3,(H,16,17). The van der Waals surface area contributed by atoms with Gasteiger partial charge in [0.1, 0.15) is 0 Å². The Bertz CT molecular complexity index is 508. The van der Waals surface area contributed by atoms with E-state index in [1.165, 1.54) is 5.56 Å². The van der Waals surface area contributed by atoms with Gasteiger partial charge in [0.05, 0.1) is 5.75 Å². The monoisotopic (exact) mass is 260 g/mol. The molecule has 0 bridgehead atoms. The van der Waals surface area contributed by atoms with Crippen LogP contribution in [0.4, 0.5) is 0 Å². The molecule has 2 rings (SSSR count). The Morgan fingerprint density at radius 2 is 2.17 bits per heavy atom. The first-order valence-corrected chi connectivity index (χ1v) is 6.81. The first-order valence-electron chi connectivity index (χ1n) is 5.82. The summed E-state index contributed by atoms with van der Waals surface area (Å²) >= 11 is 1.57. The molecule has 1 aromatic carbocycles. The Balaban J connectivity index is 1.77. The molecule has 0 spiro atoms. The van der Waals surface area contributed by atoms with Crippen molar-refractivity contribution in [2.24, 2.45) is 0 Å². The van der Waals surface area contributed by atoms with Crippen LogP contribution in [-0.4, -0.2) is 16.6 Å². The van der Waals surface area contributed by atoms with Crippen molar-refractivity contribution in [1.82, 2.24) is 10.3 Å². The maximum Gasteiger partial charge on any atom is 0.230 e. The highest BCUT2D eigenvalue weighted by atomic mass is 32.2. The van der Waals surface area contributed by atoms with Gasteiger partial charge in [-0.25, -0.2) is 0 Å². The van der Waals surface area contributed by atoms with Crippen molar-refractivity contribution in [2.45, 2.75) is 18.4 Å². The first-order chi connectivity index (χ1) is 8.75. The number of aryl methyl sites for hydroxylation is 1. The van der Waals surface area contributed by atoms with E-state index in [-0.39, 0.29) is 5.91 Å². The molecule has 0 fully saturated rings. The van der Waals surface area contributed by atoms with Crippen molar-refractivity contribution >= 4 is 17.7 Å². The Kier molecular flexibility index (Phi) is 4.47. The molecule has 0 radical (unpaired) electrons. The summed E-state index contributed by atoms with van der Waals surface area (Å²) in [4.78, 5) is 15.8. The van der Waals surface area contributed by atoms with E-state index < -0.39 is 0 Å². The highest BCUT2D eigenvalue weighted by Crippen LogP contribution is 2.21. The summed E-state index contributed by atoms with van der Waals surface area (Å²) in [6, 6.07) is 10.0. The average molecular weight is 260 g/mol. The summed E-state index contributed by atoms with van der Waals surface area (Å²) in [5.41, 5.74) is 2.30. The van der Waals surface area contributed by atoms with Crippen LogP contribution in [0.1, 0.15) is 11.1 Å². The number of aromatic nitrogens is 1. The SMILES string of the molecule is Cc1ccccc1SCC(=O)NCc1cc[nH]c1. The highest BCUT2D eigenvalue weighted by Gasteiger charge is 2.04. The minimum absolute atomic E-state index is 0.0597. The van der Waals surface area contributed by atoms with Gasteiger partial charge >= 0.3 is 0 Å². The molecule has 0 aliphatic rings. The molecule has 18 heavy (non-hydrogen) atoms. The largest absolute Gasteiger partial charge is 0.367 e. The van der Waals surface area contributed by atoms with E-state index in [2.05, 4.69) is 23.3 Å². The number of H-pyrrole nitrogens is 1. The lowest BCUT2D eigenvalue weighted by molar-refractivity contribution is -0.118. The van der Waals surface area contributed by atoms with Crippen LogP contribution in [0.15, 0.2) is 47.6 Å². The highest BCUT2D eigenvalue weighted by molar-refractivity contribution is 8.00. The molecule has 2 N–H and O–H groups in total. The Morgan fingerprint density at radius 3 is 2.89 bits per heavy atom. The van der Waals surface area contributed by atoms with Crippen molar-refractivity contribution in [3.63, 3.8) is 0 Å². The van der Waals surface area contributed by atoms with Gasteiger partial charge in [0.2, 0.25) is 5.91 Å². The molecule has 3 nitrogen and oxygen atoms in total. The molecule has 0 saturated carbocycles. The molecule has 0 unspecified atom stereocenters. The van der Waals surface area contributed by atoms with Crippen LogP contribution in [0, 0.1) is 6.92 Å². The molecule has 1 amide bonds. The van der Waals surface area contributed by atoms with Gasteiger partial charge in [-0.1, -0.05) is 18.2 Å². The van der Waals surface area contributed by atoms with Crippen LogP contribution in [0.3, 0.4) is 0 Å². The number of aromatic amines is 1. The van der Waals surface area contributed by atoms with E-state index in [1.54, 1.807) is 11.8 Å². The maximum atomic E-state index is 11.7.